The molecule has 0 radical (unpaired) electrons. The second kappa shape index (κ2) is 13.0. The third kappa shape index (κ3) is 5.95. The van der Waals surface area contributed by atoms with E-state index in [0.717, 1.165) is 41.5 Å². The third-order valence-electron chi connectivity index (χ3n) is 8.32. The second-order valence-corrected chi connectivity index (χ2v) is 11.2. The Labute approximate surface area is 273 Å². The van der Waals surface area contributed by atoms with Gasteiger partial charge in [0, 0.05) is 36.0 Å². The van der Waals surface area contributed by atoms with Crippen LogP contribution in [-0.2, 0) is 22.4 Å². The van der Waals surface area contributed by atoms with Crippen molar-refractivity contribution in [2.24, 2.45) is 0 Å². The van der Waals surface area contributed by atoms with Crippen molar-refractivity contribution in [2.45, 2.75) is 25.2 Å². The van der Waals surface area contributed by atoms with Crippen molar-refractivity contribution in [3.63, 3.8) is 0 Å². The summed E-state index contributed by atoms with van der Waals surface area (Å²) >= 11 is 0. The number of carbonyl (C=O) groups excluding carboxylic acids is 1. The smallest absolute Gasteiger partial charge is 0.306 e. The summed E-state index contributed by atoms with van der Waals surface area (Å²) in [5, 5.41) is 52.1. The molecule has 0 spiro atoms. The topological polar surface area (TPSA) is 185 Å². The molecule has 5 N–H and O–H groups in total. The van der Waals surface area contributed by atoms with Crippen LogP contribution in [0.3, 0.4) is 0 Å². The maximum Gasteiger partial charge on any atom is 0.306 e. The van der Waals surface area contributed by atoms with Gasteiger partial charge in [-0.1, -0.05) is 18.2 Å². The summed E-state index contributed by atoms with van der Waals surface area (Å²) in [6, 6.07) is 15.3. The van der Waals surface area contributed by atoms with Crippen LogP contribution in [0.15, 0.2) is 69.9 Å². The van der Waals surface area contributed by atoms with E-state index in [0.29, 0.717) is 30.1 Å². The summed E-state index contributed by atoms with van der Waals surface area (Å²) < 4.78 is 28.2. The standard InChI is InChI=1S/C36H32O12/c1-44-28-8-5-19(15-29(28)47-11-9-18-3-7-27-20(13-18)10-12-46-27)22(16-30(41)45-2)31-25(39)17-26(40)32-33(42)34(43)35(48-36(31)32)21-4-6-23(37)24(38)14-21/h3-8,13-15,17,22,37-40,43H,9-12,16H2,1-2H3. The number of benzene rings is 4. The molecule has 5 aromatic rings. The lowest BCUT2D eigenvalue weighted by molar-refractivity contribution is -0.140. The van der Waals surface area contributed by atoms with Crippen molar-refractivity contribution in [3.05, 3.63) is 93.1 Å². The Hall–Kier alpha value is -6.04. The van der Waals surface area contributed by atoms with Crippen LogP contribution in [0.1, 0.15) is 34.6 Å². The SMILES string of the molecule is COC(=O)CC(c1ccc(OC)c(OCCc2ccc3c(c2)CCO3)c1)c1c(O)cc(O)c2c(=O)c(O)c(-c3ccc(O)c(O)c3)oc12. The number of ether oxygens (including phenoxy) is 4. The molecule has 0 saturated carbocycles. The van der Waals surface area contributed by atoms with Crippen molar-refractivity contribution in [3.8, 4) is 57.3 Å². The Morgan fingerprint density at radius 1 is 0.875 bits per heavy atom. The first-order chi connectivity index (χ1) is 23.1. The highest BCUT2D eigenvalue weighted by molar-refractivity contribution is 5.92. The Bertz CT molecular complexity index is 2100. The van der Waals surface area contributed by atoms with Gasteiger partial charge >= 0.3 is 5.97 Å². The van der Waals surface area contributed by atoms with Gasteiger partial charge in [0.25, 0.3) is 0 Å². The Morgan fingerprint density at radius 2 is 1.69 bits per heavy atom. The molecule has 1 aliphatic rings. The predicted molar refractivity (Wildman–Crippen MR) is 173 cm³/mol. The number of phenols is 4. The molecule has 1 aromatic heterocycles. The Balaban J connectivity index is 1.45. The van der Waals surface area contributed by atoms with Crippen molar-refractivity contribution >= 4 is 16.9 Å². The van der Waals surface area contributed by atoms with Crippen LogP contribution in [-0.4, -0.2) is 58.9 Å². The minimum atomic E-state index is -1.04. The molecule has 12 nitrogen and oxygen atoms in total. The van der Waals surface area contributed by atoms with Crippen LogP contribution in [0.2, 0.25) is 0 Å². The van der Waals surface area contributed by atoms with E-state index in [9.17, 15) is 35.1 Å². The molecule has 6 rings (SSSR count). The summed E-state index contributed by atoms with van der Waals surface area (Å²) in [6.07, 6.45) is 1.09. The van der Waals surface area contributed by atoms with E-state index < -0.39 is 57.2 Å². The van der Waals surface area contributed by atoms with Crippen molar-refractivity contribution in [2.75, 3.05) is 27.4 Å². The monoisotopic (exact) mass is 656 g/mol. The molecule has 0 fully saturated rings. The molecule has 0 aliphatic carbocycles. The minimum absolute atomic E-state index is 0.0103. The normalized spacial score (nSPS) is 12.7. The Kier molecular flexibility index (Phi) is 8.64. The number of esters is 1. The third-order valence-corrected chi connectivity index (χ3v) is 8.32. The number of methoxy groups -OCH3 is 2. The molecular formula is C36H32O12. The van der Waals surface area contributed by atoms with Gasteiger partial charge in [-0.3, -0.25) is 9.59 Å². The lowest BCUT2D eigenvalue weighted by Gasteiger charge is -2.22. The van der Waals surface area contributed by atoms with E-state index in [1.54, 1.807) is 18.2 Å². The number of fused-ring (bicyclic) bond motifs is 2. The highest BCUT2D eigenvalue weighted by atomic mass is 16.5. The molecule has 1 unspecified atom stereocenters. The first-order valence-electron chi connectivity index (χ1n) is 15.0. The average Bonchev–Trinajstić information content (AvgIpc) is 3.55. The summed E-state index contributed by atoms with van der Waals surface area (Å²) in [5.41, 5.74) is 1.23. The molecule has 0 bridgehead atoms. The van der Waals surface area contributed by atoms with Gasteiger partial charge in [-0.25, -0.2) is 0 Å². The first-order valence-corrected chi connectivity index (χ1v) is 15.0. The van der Waals surface area contributed by atoms with E-state index in [4.69, 9.17) is 23.4 Å². The van der Waals surface area contributed by atoms with Gasteiger partial charge in [0.05, 0.1) is 33.9 Å². The quantitative estimate of drug-likeness (QED) is 0.0973. The van der Waals surface area contributed by atoms with Crippen molar-refractivity contribution in [1.82, 2.24) is 0 Å². The number of rotatable bonds is 10. The second-order valence-electron chi connectivity index (χ2n) is 11.2. The van der Waals surface area contributed by atoms with E-state index in [1.165, 1.54) is 20.3 Å². The molecule has 0 amide bonds. The number of aromatic hydroxyl groups is 5. The van der Waals surface area contributed by atoms with Gasteiger partial charge in [0.15, 0.2) is 28.8 Å². The highest BCUT2D eigenvalue weighted by Gasteiger charge is 2.30. The zero-order chi connectivity index (χ0) is 34.1. The Morgan fingerprint density at radius 3 is 2.44 bits per heavy atom. The summed E-state index contributed by atoms with van der Waals surface area (Å²) in [7, 11) is 2.69. The predicted octanol–water partition coefficient (Wildman–Crippen LogP) is 5.25. The summed E-state index contributed by atoms with van der Waals surface area (Å²) in [4.78, 5) is 26.2. The zero-order valence-electron chi connectivity index (χ0n) is 26.0. The van der Waals surface area contributed by atoms with Gasteiger partial charge in [0.1, 0.15) is 28.2 Å². The molecule has 1 atom stereocenters. The van der Waals surface area contributed by atoms with E-state index in [-0.39, 0.29) is 29.7 Å². The van der Waals surface area contributed by atoms with E-state index >= 15 is 0 Å². The number of carbonyl (C=O) groups is 1. The van der Waals surface area contributed by atoms with Gasteiger partial charge < -0.3 is 48.9 Å². The lowest BCUT2D eigenvalue weighted by atomic mass is 9.86. The van der Waals surface area contributed by atoms with Gasteiger partial charge in [-0.2, -0.15) is 0 Å². The van der Waals surface area contributed by atoms with Crippen molar-refractivity contribution in [1.29, 1.82) is 0 Å². The van der Waals surface area contributed by atoms with Gasteiger partial charge in [0.2, 0.25) is 11.2 Å². The van der Waals surface area contributed by atoms with Crippen LogP contribution in [0.25, 0.3) is 22.3 Å². The molecule has 12 heteroatoms. The molecule has 2 heterocycles. The molecule has 1 aliphatic heterocycles. The maximum atomic E-state index is 13.4. The van der Waals surface area contributed by atoms with Crippen LogP contribution in [0.5, 0.6) is 46.0 Å². The maximum absolute atomic E-state index is 13.4. The molecule has 0 saturated heterocycles. The molecule has 248 valence electrons. The summed E-state index contributed by atoms with van der Waals surface area (Å²) in [6.45, 7) is 0.940. The van der Waals surface area contributed by atoms with Crippen LogP contribution in [0.4, 0.5) is 0 Å². The summed E-state index contributed by atoms with van der Waals surface area (Å²) in [5.74, 6) is -3.55. The number of hydrogen-bond donors (Lipinski definition) is 5. The fraction of sp³-hybridized carbons (Fsp3) is 0.222. The fourth-order valence-electron chi connectivity index (χ4n) is 5.87. The van der Waals surface area contributed by atoms with Crippen LogP contribution in [0, 0.1) is 0 Å². The van der Waals surface area contributed by atoms with Crippen LogP contribution < -0.4 is 19.6 Å². The minimum Gasteiger partial charge on any atom is -0.507 e. The number of hydrogen-bond acceptors (Lipinski definition) is 12. The zero-order valence-corrected chi connectivity index (χ0v) is 26.0. The van der Waals surface area contributed by atoms with Crippen LogP contribution >= 0.6 is 0 Å². The first kappa shape index (κ1) is 31.9. The van der Waals surface area contributed by atoms with E-state index in [2.05, 4.69) is 6.07 Å². The van der Waals surface area contributed by atoms with E-state index in [1.807, 2.05) is 12.1 Å². The highest BCUT2D eigenvalue weighted by Crippen LogP contribution is 2.46. The molecule has 4 aromatic carbocycles. The van der Waals surface area contributed by atoms with Gasteiger partial charge in [-0.15, -0.1) is 0 Å². The van der Waals surface area contributed by atoms with Gasteiger partial charge in [-0.05, 0) is 53.1 Å². The average molecular weight is 657 g/mol. The molecule has 48 heavy (non-hydrogen) atoms. The van der Waals surface area contributed by atoms with Crippen molar-refractivity contribution < 1.29 is 53.7 Å². The molecular weight excluding hydrogens is 624 g/mol. The largest absolute Gasteiger partial charge is 0.507 e. The lowest BCUT2D eigenvalue weighted by Crippen LogP contribution is -2.13. The number of phenolic OH excluding ortho intramolecular Hbond substituents is 4. The fourth-order valence-corrected chi connectivity index (χ4v) is 5.87.